The van der Waals surface area contributed by atoms with Gasteiger partial charge in [0, 0.05) is 41.8 Å². The maximum absolute atomic E-state index is 14.1. The average molecular weight is 540 g/mol. The first-order valence-corrected chi connectivity index (χ1v) is 12.4. The Balaban J connectivity index is 1.62. The summed E-state index contributed by atoms with van der Waals surface area (Å²) in [4.78, 5) is 47.7. The monoisotopic (exact) mass is 539 g/mol. The number of carbonyl (C=O) groups excluding carboxylic acids is 2. The molecule has 2 aliphatic heterocycles. The lowest BCUT2D eigenvalue weighted by atomic mass is 10.0. The molecular weight excluding hydrogens is 521 g/mol. The van der Waals surface area contributed by atoms with Crippen molar-refractivity contribution >= 4 is 56.7 Å². The number of pyridine rings is 2. The summed E-state index contributed by atoms with van der Waals surface area (Å²) in [6, 6.07) is 4.93. The average Bonchev–Trinajstić information content (AvgIpc) is 3.32. The first-order chi connectivity index (χ1) is 17.8. The first kappa shape index (κ1) is 24.8. The third kappa shape index (κ3) is 4.02. The number of anilines is 1. The molecule has 9 nitrogen and oxygen atoms in total. The van der Waals surface area contributed by atoms with Crippen LogP contribution in [0, 0.1) is 17.1 Å². The lowest BCUT2D eigenvalue weighted by Gasteiger charge is -2.41. The largest absolute Gasteiger partial charge is 0.494 e. The lowest BCUT2D eigenvalue weighted by Crippen LogP contribution is -2.62. The van der Waals surface area contributed by atoms with Crippen LogP contribution in [0.4, 0.5) is 14.9 Å². The summed E-state index contributed by atoms with van der Waals surface area (Å²) in [5, 5.41) is 9.20. The zero-order valence-electron chi connectivity index (χ0n) is 19.6. The number of hydrogen-bond donors (Lipinski definition) is 0. The molecule has 0 saturated carbocycles. The van der Waals surface area contributed by atoms with Crippen LogP contribution in [0.5, 0.6) is 5.75 Å². The summed E-state index contributed by atoms with van der Waals surface area (Å²) in [7, 11) is 2.91. The Kier molecular flexibility index (Phi) is 6.39. The molecule has 12 heteroatoms. The number of ether oxygens (including phenoxy) is 1. The number of hydrogen-bond acceptors (Lipinski definition) is 7. The molecule has 4 heterocycles. The van der Waals surface area contributed by atoms with Crippen molar-refractivity contribution in [3.8, 4) is 11.8 Å². The van der Waals surface area contributed by atoms with Gasteiger partial charge in [-0.3, -0.25) is 14.6 Å². The molecule has 2 aromatic heterocycles. The number of benzene rings is 1. The molecule has 188 valence electrons. The van der Waals surface area contributed by atoms with Crippen LogP contribution >= 0.6 is 23.4 Å². The van der Waals surface area contributed by atoms with Crippen LogP contribution in [0.25, 0.3) is 15.7 Å². The van der Waals surface area contributed by atoms with E-state index in [1.54, 1.807) is 25.4 Å². The van der Waals surface area contributed by atoms with Gasteiger partial charge in [0.05, 0.1) is 47.9 Å². The number of aromatic nitrogens is 2. The maximum atomic E-state index is 14.1. The van der Waals surface area contributed by atoms with Gasteiger partial charge in [0.25, 0.3) is 11.5 Å². The highest BCUT2D eigenvalue weighted by Crippen LogP contribution is 2.47. The predicted octanol–water partition coefficient (Wildman–Crippen LogP) is 3.94. The number of rotatable bonds is 5. The molecule has 0 radical (unpaired) electrons. The Hall–Kier alpha value is -3.88. The fraction of sp³-hybridized carbons (Fsp3) is 0.240. The quantitative estimate of drug-likeness (QED) is 0.483. The molecule has 1 fully saturated rings. The summed E-state index contributed by atoms with van der Waals surface area (Å²) >= 11 is 7.50. The van der Waals surface area contributed by atoms with Gasteiger partial charge in [-0.1, -0.05) is 11.6 Å². The van der Waals surface area contributed by atoms with Crippen LogP contribution in [-0.2, 0) is 11.8 Å². The summed E-state index contributed by atoms with van der Waals surface area (Å²) in [6.07, 6.45) is 6.14. The number of thioether (sulfide) groups is 1. The highest BCUT2D eigenvalue weighted by Gasteiger charge is 2.50. The zero-order chi connectivity index (χ0) is 26.4. The molecule has 2 unspecified atom stereocenters. The second-order valence-corrected chi connectivity index (χ2v) is 10.0. The van der Waals surface area contributed by atoms with Crippen molar-refractivity contribution in [3.63, 3.8) is 0 Å². The van der Waals surface area contributed by atoms with Crippen molar-refractivity contribution in [2.24, 2.45) is 7.05 Å². The minimum Gasteiger partial charge on any atom is -0.494 e. The van der Waals surface area contributed by atoms with Gasteiger partial charge in [-0.25, -0.2) is 14.1 Å². The number of amides is 3. The van der Waals surface area contributed by atoms with Crippen molar-refractivity contribution in [2.75, 3.05) is 18.6 Å². The molecule has 1 saturated heterocycles. The SMILES string of the molecule is COc1cc(C2=CC3C(S2)C(=O)N(c2cncc4ccn(C)c(=O)c24)C(=O)N3CCC#N)c(Cl)cc1F. The Morgan fingerprint density at radius 1 is 1.27 bits per heavy atom. The number of nitrogens with zero attached hydrogens (tertiary/aromatic N) is 5. The van der Waals surface area contributed by atoms with Crippen LogP contribution in [0.1, 0.15) is 12.0 Å². The Morgan fingerprint density at radius 3 is 2.78 bits per heavy atom. The second kappa shape index (κ2) is 9.53. The molecule has 2 atom stereocenters. The molecule has 0 aliphatic carbocycles. The summed E-state index contributed by atoms with van der Waals surface area (Å²) in [6.45, 7) is 0.0568. The van der Waals surface area contributed by atoms with E-state index in [1.807, 2.05) is 6.07 Å². The van der Waals surface area contributed by atoms with Crippen LogP contribution in [-0.4, -0.2) is 51.3 Å². The molecule has 3 aromatic rings. The molecule has 0 bridgehead atoms. The van der Waals surface area contributed by atoms with Crippen LogP contribution in [0.15, 0.2) is 47.7 Å². The highest BCUT2D eigenvalue weighted by molar-refractivity contribution is 8.09. The molecule has 5 rings (SSSR count). The standard InChI is InChI=1S/C25H19ClFN5O4S/c1-30-7-4-13-11-29-12-18(21(13)23(30)33)32-24(34)22-17(31(25(32)35)6-3-5-28)10-20(37-22)14-8-19(36-2)16(27)9-15(14)26/h4,7-12,17,22H,3,6H2,1-2H3. The van der Waals surface area contributed by atoms with Crippen LogP contribution in [0.2, 0.25) is 5.02 Å². The van der Waals surface area contributed by atoms with E-state index in [4.69, 9.17) is 16.3 Å². The van der Waals surface area contributed by atoms with Gasteiger partial charge in [0.1, 0.15) is 5.25 Å². The van der Waals surface area contributed by atoms with E-state index in [9.17, 15) is 24.0 Å². The van der Waals surface area contributed by atoms with Crippen molar-refractivity contribution in [1.82, 2.24) is 14.5 Å². The Labute approximate surface area is 219 Å². The van der Waals surface area contributed by atoms with Crippen LogP contribution in [0.3, 0.4) is 0 Å². The van der Waals surface area contributed by atoms with E-state index in [2.05, 4.69) is 4.98 Å². The molecule has 3 amide bonds. The van der Waals surface area contributed by atoms with Gasteiger partial charge in [-0.05, 0) is 24.3 Å². The number of methoxy groups -OCH3 is 1. The molecule has 0 N–H and O–H groups in total. The van der Waals surface area contributed by atoms with Crippen molar-refractivity contribution in [2.45, 2.75) is 17.7 Å². The number of carbonyl (C=O) groups is 2. The zero-order valence-corrected chi connectivity index (χ0v) is 21.2. The van der Waals surface area contributed by atoms with E-state index >= 15 is 0 Å². The summed E-state index contributed by atoms with van der Waals surface area (Å²) in [5.74, 6) is -1.18. The van der Waals surface area contributed by atoms with Gasteiger partial charge >= 0.3 is 6.03 Å². The van der Waals surface area contributed by atoms with E-state index in [0.29, 0.717) is 15.9 Å². The minimum atomic E-state index is -0.790. The van der Waals surface area contributed by atoms with Crippen molar-refractivity contribution < 1.29 is 18.7 Å². The Morgan fingerprint density at radius 2 is 2.05 bits per heavy atom. The van der Waals surface area contributed by atoms with E-state index in [0.717, 1.165) is 11.0 Å². The van der Waals surface area contributed by atoms with Crippen molar-refractivity contribution in [1.29, 1.82) is 5.26 Å². The molecule has 2 aliphatic rings. The number of fused-ring (bicyclic) bond motifs is 2. The molecule has 37 heavy (non-hydrogen) atoms. The number of urea groups is 1. The molecular formula is C25H19ClFN5O4S. The maximum Gasteiger partial charge on any atom is 0.332 e. The smallest absolute Gasteiger partial charge is 0.332 e. The number of nitriles is 1. The lowest BCUT2D eigenvalue weighted by molar-refractivity contribution is -0.119. The van der Waals surface area contributed by atoms with Gasteiger partial charge in [0.2, 0.25) is 0 Å². The first-order valence-electron chi connectivity index (χ1n) is 11.1. The van der Waals surface area contributed by atoms with Crippen LogP contribution < -0.4 is 15.2 Å². The fourth-order valence-corrected chi connectivity index (χ4v) is 6.18. The second-order valence-electron chi connectivity index (χ2n) is 8.44. The highest BCUT2D eigenvalue weighted by atomic mass is 35.5. The van der Waals surface area contributed by atoms with Gasteiger partial charge in [-0.15, -0.1) is 11.8 Å². The third-order valence-electron chi connectivity index (χ3n) is 6.33. The normalized spacial score (nSPS) is 19.2. The number of imide groups is 1. The number of aryl methyl sites for hydroxylation is 1. The summed E-state index contributed by atoms with van der Waals surface area (Å²) < 4.78 is 20.6. The third-order valence-corrected chi connectivity index (χ3v) is 7.98. The topological polar surface area (TPSA) is 109 Å². The van der Waals surface area contributed by atoms with Gasteiger partial charge in [-0.2, -0.15) is 5.26 Å². The predicted molar refractivity (Wildman–Crippen MR) is 138 cm³/mol. The van der Waals surface area contributed by atoms with E-state index in [-0.39, 0.29) is 40.4 Å². The van der Waals surface area contributed by atoms with E-state index < -0.39 is 29.0 Å². The fourth-order valence-electron chi connectivity index (χ4n) is 4.51. The minimum absolute atomic E-state index is 0.0150. The van der Waals surface area contributed by atoms with E-state index in [1.165, 1.54) is 46.8 Å². The number of halogens is 2. The van der Waals surface area contributed by atoms with Crippen molar-refractivity contribution in [3.05, 3.63) is 69.6 Å². The van der Waals surface area contributed by atoms with Gasteiger partial charge < -0.3 is 14.2 Å². The molecule has 1 aromatic carbocycles. The summed E-state index contributed by atoms with van der Waals surface area (Å²) in [5.41, 5.74) is 0.140. The Bertz CT molecular complexity index is 1600. The molecule has 0 spiro atoms. The van der Waals surface area contributed by atoms with Gasteiger partial charge in [0.15, 0.2) is 11.6 Å².